The van der Waals surface area contributed by atoms with E-state index in [-0.39, 0.29) is 5.60 Å². The normalized spacial score (nSPS) is 11.8. The van der Waals surface area contributed by atoms with Gasteiger partial charge in [0.25, 0.3) is 0 Å². The molecule has 0 unspecified atom stereocenters. The lowest BCUT2D eigenvalue weighted by Crippen LogP contribution is -2.19. The number of nitrogens with zero attached hydrogens (tertiary/aromatic N) is 2. The molecule has 2 aromatic rings. The van der Waals surface area contributed by atoms with Crippen LogP contribution in [0, 0.1) is 6.92 Å². The van der Waals surface area contributed by atoms with Crippen molar-refractivity contribution in [2.24, 2.45) is 7.05 Å². The molecule has 0 spiro atoms. The lowest BCUT2D eigenvalue weighted by Gasteiger charge is -2.19. The number of methoxy groups -OCH3 is 1. The van der Waals surface area contributed by atoms with E-state index < -0.39 is 0 Å². The molecular weight excluding hydrogens is 302 g/mol. The summed E-state index contributed by atoms with van der Waals surface area (Å²) in [6.07, 6.45) is 0. The SMILES string of the molecule is COc1c(CNCc2cccc(COC(C)(C)C)c2)c(C)nn1C. The first-order chi connectivity index (χ1) is 11.3. The number of hydrogen-bond acceptors (Lipinski definition) is 4. The van der Waals surface area contributed by atoms with E-state index in [1.807, 2.05) is 14.0 Å². The highest BCUT2D eigenvalue weighted by Crippen LogP contribution is 2.20. The molecule has 2 rings (SSSR count). The minimum Gasteiger partial charge on any atom is -0.481 e. The van der Waals surface area contributed by atoms with E-state index >= 15 is 0 Å². The molecule has 0 radical (unpaired) electrons. The Morgan fingerprint density at radius 1 is 1.17 bits per heavy atom. The molecular formula is C19H29N3O2. The van der Waals surface area contributed by atoms with Crippen molar-refractivity contribution in [3.8, 4) is 5.88 Å². The van der Waals surface area contributed by atoms with Gasteiger partial charge in [0.05, 0.1) is 30.6 Å². The van der Waals surface area contributed by atoms with Gasteiger partial charge in [0.1, 0.15) is 0 Å². The lowest BCUT2D eigenvalue weighted by atomic mass is 10.1. The second-order valence-electron chi connectivity index (χ2n) is 7.02. The Morgan fingerprint density at radius 2 is 1.88 bits per heavy atom. The molecule has 1 aromatic carbocycles. The van der Waals surface area contributed by atoms with Gasteiger partial charge in [-0.25, -0.2) is 4.68 Å². The van der Waals surface area contributed by atoms with Crippen LogP contribution in [-0.2, 0) is 31.5 Å². The van der Waals surface area contributed by atoms with Crippen molar-refractivity contribution in [2.75, 3.05) is 7.11 Å². The number of nitrogens with one attached hydrogen (secondary N) is 1. The van der Waals surface area contributed by atoms with E-state index in [1.165, 1.54) is 11.1 Å². The van der Waals surface area contributed by atoms with Gasteiger partial charge in [0.15, 0.2) is 0 Å². The molecule has 0 amide bonds. The summed E-state index contributed by atoms with van der Waals surface area (Å²) in [5.74, 6) is 0.812. The van der Waals surface area contributed by atoms with Crippen LogP contribution in [0.5, 0.6) is 5.88 Å². The van der Waals surface area contributed by atoms with E-state index in [9.17, 15) is 0 Å². The van der Waals surface area contributed by atoms with Crippen LogP contribution in [0.3, 0.4) is 0 Å². The van der Waals surface area contributed by atoms with Crippen LogP contribution in [0.1, 0.15) is 43.2 Å². The molecule has 1 aromatic heterocycles. The molecule has 0 fully saturated rings. The average Bonchev–Trinajstić information content (AvgIpc) is 2.78. The van der Waals surface area contributed by atoms with E-state index in [2.05, 4.69) is 55.5 Å². The van der Waals surface area contributed by atoms with Crippen molar-refractivity contribution in [2.45, 2.75) is 53.0 Å². The molecule has 1 heterocycles. The first-order valence-corrected chi connectivity index (χ1v) is 8.29. The van der Waals surface area contributed by atoms with E-state index in [4.69, 9.17) is 9.47 Å². The van der Waals surface area contributed by atoms with E-state index in [0.717, 1.165) is 30.2 Å². The maximum absolute atomic E-state index is 5.84. The highest BCUT2D eigenvalue weighted by atomic mass is 16.5. The van der Waals surface area contributed by atoms with Crippen molar-refractivity contribution in [1.29, 1.82) is 0 Å². The summed E-state index contributed by atoms with van der Waals surface area (Å²) in [6, 6.07) is 8.49. The molecule has 0 atom stereocenters. The Kier molecular flexibility index (Phi) is 6.02. The Morgan fingerprint density at radius 3 is 2.54 bits per heavy atom. The minimum atomic E-state index is -0.122. The van der Waals surface area contributed by atoms with E-state index in [1.54, 1.807) is 11.8 Å². The Bertz CT molecular complexity index is 672. The summed E-state index contributed by atoms with van der Waals surface area (Å²) in [5.41, 5.74) is 4.41. The van der Waals surface area contributed by atoms with Crippen molar-refractivity contribution >= 4 is 0 Å². The number of benzene rings is 1. The fourth-order valence-corrected chi connectivity index (χ4v) is 2.60. The summed E-state index contributed by atoms with van der Waals surface area (Å²) in [5, 5.41) is 7.88. The maximum Gasteiger partial charge on any atom is 0.216 e. The molecule has 0 bridgehead atoms. The van der Waals surface area contributed by atoms with Gasteiger partial charge in [-0.1, -0.05) is 24.3 Å². The summed E-state index contributed by atoms with van der Waals surface area (Å²) >= 11 is 0. The van der Waals surface area contributed by atoms with Crippen molar-refractivity contribution in [3.63, 3.8) is 0 Å². The number of hydrogen-bond donors (Lipinski definition) is 1. The molecule has 1 N–H and O–H groups in total. The van der Waals surface area contributed by atoms with Crippen LogP contribution in [0.15, 0.2) is 24.3 Å². The number of rotatable bonds is 7. The Hall–Kier alpha value is -1.85. The van der Waals surface area contributed by atoms with Crippen LogP contribution >= 0.6 is 0 Å². The third kappa shape index (κ3) is 5.08. The molecule has 0 aliphatic carbocycles. The summed E-state index contributed by atoms with van der Waals surface area (Å²) in [6.45, 7) is 10.4. The van der Waals surface area contributed by atoms with Crippen molar-refractivity contribution < 1.29 is 9.47 Å². The molecule has 132 valence electrons. The van der Waals surface area contributed by atoms with Crippen molar-refractivity contribution in [3.05, 3.63) is 46.6 Å². The smallest absolute Gasteiger partial charge is 0.216 e. The van der Waals surface area contributed by atoms with Crippen LogP contribution < -0.4 is 10.1 Å². The predicted molar refractivity (Wildman–Crippen MR) is 96.0 cm³/mol. The van der Waals surface area contributed by atoms with Crippen molar-refractivity contribution in [1.82, 2.24) is 15.1 Å². The van der Waals surface area contributed by atoms with Gasteiger partial charge in [-0.3, -0.25) is 0 Å². The third-order valence-corrected chi connectivity index (χ3v) is 3.78. The Balaban J connectivity index is 1.93. The number of aromatic nitrogens is 2. The third-order valence-electron chi connectivity index (χ3n) is 3.78. The standard InChI is InChI=1S/C19H29N3O2/c1-14-17(18(23-6)22(5)21-14)12-20-11-15-8-7-9-16(10-15)13-24-19(2,3)4/h7-10,20H,11-13H2,1-6H3. The minimum absolute atomic E-state index is 0.122. The summed E-state index contributed by atoms with van der Waals surface area (Å²) in [4.78, 5) is 0. The Labute approximate surface area is 145 Å². The van der Waals surface area contributed by atoms with Gasteiger partial charge in [-0.15, -0.1) is 0 Å². The maximum atomic E-state index is 5.84. The van der Waals surface area contributed by atoms with Gasteiger partial charge in [-0.2, -0.15) is 5.10 Å². The van der Waals surface area contributed by atoms with Crippen LogP contribution in [0.2, 0.25) is 0 Å². The first-order valence-electron chi connectivity index (χ1n) is 8.29. The zero-order valence-electron chi connectivity index (χ0n) is 15.6. The van der Waals surface area contributed by atoms with Crippen LogP contribution in [-0.4, -0.2) is 22.5 Å². The van der Waals surface area contributed by atoms with Gasteiger partial charge < -0.3 is 14.8 Å². The second kappa shape index (κ2) is 7.81. The largest absolute Gasteiger partial charge is 0.481 e. The topological polar surface area (TPSA) is 48.3 Å². The monoisotopic (exact) mass is 331 g/mol. The highest BCUT2D eigenvalue weighted by molar-refractivity contribution is 5.31. The van der Waals surface area contributed by atoms with Gasteiger partial charge in [0.2, 0.25) is 5.88 Å². The number of aryl methyl sites for hydroxylation is 2. The van der Waals surface area contributed by atoms with Gasteiger partial charge in [0, 0.05) is 20.1 Å². The molecule has 5 nitrogen and oxygen atoms in total. The van der Waals surface area contributed by atoms with Gasteiger partial charge >= 0.3 is 0 Å². The molecule has 0 aliphatic heterocycles. The predicted octanol–water partition coefficient (Wildman–Crippen LogP) is 3.34. The molecule has 0 saturated heterocycles. The summed E-state index contributed by atoms with van der Waals surface area (Å²) in [7, 11) is 3.58. The average molecular weight is 331 g/mol. The molecule has 24 heavy (non-hydrogen) atoms. The van der Waals surface area contributed by atoms with Crippen LogP contribution in [0.4, 0.5) is 0 Å². The fourth-order valence-electron chi connectivity index (χ4n) is 2.60. The zero-order chi connectivity index (χ0) is 17.7. The van der Waals surface area contributed by atoms with Crippen LogP contribution in [0.25, 0.3) is 0 Å². The highest BCUT2D eigenvalue weighted by Gasteiger charge is 2.13. The fraction of sp³-hybridized carbons (Fsp3) is 0.526. The lowest BCUT2D eigenvalue weighted by molar-refractivity contribution is -0.0149. The number of ether oxygens (including phenoxy) is 2. The van der Waals surface area contributed by atoms with Gasteiger partial charge in [-0.05, 0) is 38.8 Å². The molecule has 5 heteroatoms. The quantitative estimate of drug-likeness (QED) is 0.845. The summed E-state index contributed by atoms with van der Waals surface area (Å²) < 4.78 is 13.0. The first kappa shape index (κ1) is 18.5. The van der Waals surface area contributed by atoms with E-state index in [0.29, 0.717) is 6.61 Å². The molecule has 0 saturated carbocycles. The molecule has 0 aliphatic rings. The second-order valence-corrected chi connectivity index (χ2v) is 7.02. The zero-order valence-corrected chi connectivity index (χ0v) is 15.6.